The predicted molar refractivity (Wildman–Crippen MR) is 135 cm³/mol. The Morgan fingerprint density at radius 1 is 1.09 bits per heavy atom. The zero-order valence-corrected chi connectivity index (χ0v) is 21.2. The van der Waals surface area contributed by atoms with E-state index in [0.717, 1.165) is 55.8 Å². The smallest absolute Gasteiger partial charge is 0.407 e. The lowest BCUT2D eigenvalue weighted by Crippen LogP contribution is -2.53. The van der Waals surface area contributed by atoms with Gasteiger partial charge in [-0.15, -0.1) is 0 Å². The number of hydrogen-bond donors (Lipinski definition) is 1. The number of carbonyl (C=O) groups is 1. The van der Waals surface area contributed by atoms with Crippen LogP contribution in [0.4, 0.5) is 4.79 Å². The summed E-state index contributed by atoms with van der Waals surface area (Å²) in [6, 6.07) is 11.0. The van der Waals surface area contributed by atoms with Crippen molar-refractivity contribution < 1.29 is 14.3 Å². The molecule has 3 saturated heterocycles. The second-order valence-corrected chi connectivity index (χ2v) is 11.1. The summed E-state index contributed by atoms with van der Waals surface area (Å²) in [6.45, 7) is 14.5. The van der Waals surface area contributed by atoms with Crippen LogP contribution in [0.25, 0.3) is 11.1 Å². The number of fused-ring (bicyclic) bond motifs is 4. The third-order valence-electron chi connectivity index (χ3n) is 8.08. The maximum absolute atomic E-state index is 12.9. The summed E-state index contributed by atoms with van der Waals surface area (Å²) in [7, 11) is 0. The Bertz CT molecular complexity index is 1060. The molecule has 0 radical (unpaired) electrons. The van der Waals surface area contributed by atoms with Crippen LogP contribution < -0.4 is 10.1 Å². The van der Waals surface area contributed by atoms with E-state index in [0.29, 0.717) is 12.5 Å². The fraction of sp³-hybridized carbons (Fsp3) is 0.552. The van der Waals surface area contributed by atoms with Gasteiger partial charge in [0.25, 0.3) is 0 Å². The first kappa shape index (κ1) is 23.2. The highest BCUT2D eigenvalue weighted by molar-refractivity contribution is 5.71. The molecule has 4 aliphatic rings. The molecule has 1 aliphatic carbocycles. The van der Waals surface area contributed by atoms with E-state index in [1.54, 1.807) is 0 Å². The number of ether oxygens (including phenoxy) is 2. The van der Waals surface area contributed by atoms with E-state index < -0.39 is 0 Å². The molecule has 1 amide bonds. The molecule has 3 fully saturated rings. The van der Waals surface area contributed by atoms with Crippen LogP contribution in [0, 0.1) is 25.2 Å². The number of hydrogen-bond acceptors (Lipinski definition) is 4. The fourth-order valence-corrected chi connectivity index (χ4v) is 6.33. The molecule has 0 aromatic heterocycles. The molecule has 2 atom stereocenters. The van der Waals surface area contributed by atoms with E-state index in [9.17, 15) is 4.79 Å². The van der Waals surface area contributed by atoms with Crippen LogP contribution in [-0.2, 0) is 11.2 Å². The topological polar surface area (TPSA) is 50.8 Å². The quantitative estimate of drug-likeness (QED) is 0.609. The Hall–Kier alpha value is -2.53. The Labute approximate surface area is 203 Å². The molecule has 1 unspecified atom stereocenters. The summed E-state index contributed by atoms with van der Waals surface area (Å²) < 4.78 is 11.8. The van der Waals surface area contributed by atoms with Crippen LogP contribution >= 0.6 is 0 Å². The van der Waals surface area contributed by atoms with Crippen molar-refractivity contribution in [3.8, 4) is 16.9 Å². The Morgan fingerprint density at radius 2 is 1.79 bits per heavy atom. The molecule has 2 aromatic carbocycles. The van der Waals surface area contributed by atoms with Crippen LogP contribution in [0.15, 0.2) is 30.3 Å². The molecule has 0 saturated carbocycles. The van der Waals surface area contributed by atoms with E-state index in [1.807, 2.05) is 6.92 Å². The number of rotatable bonds is 5. The van der Waals surface area contributed by atoms with Gasteiger partial charge in [-0.25, -0.2) is 4.79 Å². The highest BCUT2D eigenvalue weighted by atomic mass is 16.6. The van der Waals surface area contributed by atoms with Crippen molar-refractivity contribution in [3.05, 3.63) is 52.6 Å². The number of amides is 1. The van der Waals surface area contributed by atoms with Gasteiger partial charge in [0.2, 0.25) is 0 Å². The second-order valence-electron chi connectivity index (χ2n) is 11.1. The minimum atomic E-state index is -0.272. The van der Waals surface area contributed by atoms with Crippen molar-refractivity contribution in [1.29, 1.82) is 0 Å². The van der Waals surface area contributed by atoms with Gasteiger partial charge in [0.1, 0.15) is 11.9 Å². The number of alkyl carbamates (subject to hydrolysis) is 1. The van der Waals surface area contributed by atoms with Gasteiger partial charge in [0.15, 0.2) is 0 Å². The number of aryl methyl sites for hydroxylation is 2. The van der Waals surface area contributed by atoms with E-state index in [1.165, 1.54) is 22.3 Å². The molecule has 2 aromatic rings. The van der Waals surface area contributed by atoms with Gasteiger partial charge < -0.3 is 14.8 Å². The third kappa shape index (κ3) is 4.31. The first-order valence-electron chi connectivity index (χ1n) is 12.8. The highest BCUT2D eigenvalue weighted by Gasteiger charge is 2.42. The lowest BCUT2D eigenvalue weighted by atomic mass is 9.85. The minimum Gasteiger partial charge on any atom is -0.493 e. The molecule has 182 valence electrons. The predicted octanol–water partition coefficient (Wildman–Crippen LogP) is 5.81. The summed E-state index contributed by atoms with van der Waals surface area (Å²) in [5, 5.41) is 3.23. The van der Waals surface area contributed by atoms with Gasteiger partial charge in [-0.3, -0.25) is 4.90 Å². The summed E-state index contributed by atoms with van der Waals surface area (Å²) in [4.78, 5) is 15.3. The summed E-state index contributed by atoms with van der Waals surface area (Å²) in [6.07, 6.45) is 2.97. The van der Waals surface area contributed by atoms with Gasteiger partial charge in [-0.2, -0.15) is 0 Å². The summed E-state index contributed by atoms with van der Waals surface area (Å²) in [5.41, 5.74) is 7.18. The van der Waals surface area contributed by atoms with Crippen molar-refractivity contribution in [3.63, 3.8) is 0 Å². The first-order valence-corrected chi connectivity index (χ1v) is 12.8. The monoisotopic (exact) mass is 462 g/mol. The van der Waals surface area contributed by atoms with E-state index >= 15 is 0 Å². The lowest BCUT2D eigenvalue weighted by molar-refractivity contribution is -0.0348. The van der Waals surface area contributed by atoms with Gasteiger partial charge in [-0.1, -0.05) is 32.0 Å². The van der Waals surface area contributed by atoms with E-state index in [2.05, 4.69) is 68.2 Å². The van der Waals surface area contributed by atoms with E-state index in [4.69, 9.17) is 9.47 Å². The van der Waals surface area contributed by atoms with Crippen LogP contribution in [0.5, 0.6) is 5.75 Å². The molecular formula is C29H38N2O3. The van der Waals surface area contributed by atoms with Gasteiger partial charge in [0.05, 0.1) is 12.6 Å². The minimum absolute atomic E-state index is 0.0278. The number of piperidine rings is 3. The average molecular weight is 463 g/mol. The average Bonchev–Trinajstić information content (AvgIpc) is 3.05. The molecule has 5 heteroatoms. The third-order valence-corrected chi connectivity index (χ3v) is 8.08. The molecule has 6 rings (SSSR count). The van der Waals surface area contributed by atoms with Crippen LogP contribution in [0.3, 0.4) is 0 Å². The number of nitrogens with zero attached hydrogens (tertiary/aromatic N) is 1. The standard InChI is InChI=1S/C29H38N2O3/c1-6-33-26-18(2)13-22(14-19(26)3)21-7-8-24-23(15-21)16-29(4,5)27(24)30-28(32)34-25-17-31-11-9-20(25)10-12-31/h7-8,13-15,20,25,27H,6,9-12,16-17H2,1-5H3,(H,30,32)/t25-,27?/m0/s1. The van der Waals surface area contributed by atoms with Crippen molar-refractivity contribution >= 4 is 6.09 Å². The van der Waals surface area contributed by atoms with Crippen molar-refractivity contribution in [2.75, 3.05) is 26.2 Å². The highest BCUT2D eigenvalue weighted by Crippen LogP contribution is 2.46. The lowest BCUT2D eigenvalue weighted by Gasteiger charge is -2.44. The Kier molecular flexibility index (Phi) is 6.09. The summed E-state index contributed by atoms with van der Waals surface area (Å²) >= 11 is 0. The zero-order chi connectivity index (χ0) is 24.0. The van der Waals surface area contributed by atoms with Crippen LogP contribution in [0.2, 0.25) is 0 Å². The second kappa shape index (κ2) is 8.92. The maximum atomic E-state index is 12.9. The molecule has 3 aliphatic heterocycles. The van der Waals surface area contributed by atoms with E-state index in [-0.39, 0.29) is 23.7 Å². The zero-order valence-electron chi connectivity index (χ0n) is 21.2. The van der Waals surface area contributed by atoms with Crippen LogP contribution in [-0.4, -0.2) is 43.3 Å². The van der Waals surface area contributed by atoms with Crippen LogP contribution in [0.1, 0.15) is 61.9 Å². The fourth-order valence-electron chi connectivity index (χ4n) is 6.33. The Balaban J connectivity index is 1.34. The molecule has 34 heavy (non-hydrogen) atoms. The molecule has 1 N–H and O–H groups in total. The SMILES string of the molecule is CCOc1c(C)cc(-c2ccc3c(c2)CC(C)(C)C3NC(=O)O[C@H]2CN3CCC2CC3)cc1C. The Morgan fingerprint density at radius 3 is 2.41 bits per heavy atom. The van der Waals surface area contributed by atoms with Crippen molar-refractivity contribution in [2.45, 2.75) is 66.0 Å². The molecule has 5 nitrogen and oxygen atoms in total. The molecule has 3 heterocycles. The number of benzene rings is 2. The molecule has 2 bridgehead atoms. The first-order chi connectivity index (χ1) is 16.2. The summed E-state index contributed by atoms with van der Waals surface area (Å²) in [5.74, 6) is 1.50. The number of carbonyl (C=O) groups excluding carboxylic acids is 1. The maximum Gasteiger partial charge on any atom is 0.407 e. The van der Waals surface area contributed by atoms with Gasteiger partial charge in [-0.05, 0) is 110 Å². The van der Waals surface area contributed by atoms with Crippen molar-refractivity contribution in [2.24, 2.45) is 11.3 Å². The molecule has 0 spiro atoms. The molecular weight excluding hydrogens is 424 g/mol. The van der Waals surface area contributed by atoms with Gasteiger partial charge >= 0.3 is 6.09 Å². The normalized spacial score (nSPS) is 26.7. The van der Waals surface area contributed by atoms with Gasteiger partial charge in [0, 0.05) is 6.54 Å². The number of nitrogens with one attached hydrogen (secondary N) is 1. The largest absolute Gasteiger partial charge is 0.493 e. The van der Waals surface area contributed by atoms with Crippen molar-refractivity contribution in [1.82, 2.24) is 10.2 Å².